The Labute approximate surface area is 87.0 Å². The number of rotatable bonds is 4. The molecule has 0 fully saturated rings. The fraction of sp³-hybridized carbons (Fsp3) is 0.400. The van der Waals surface area contributed by atoms with Crippen molar-refractivity contribution in [1.82, 2.24) is 0 Å². The highest BCUT2D eigenvalue weighted by Crippen LogP contribution is 2.24. The number of nitro groups is 1. The minimum atomic E-state index is -0.611. The molecule has 0 aliphatic carbocycles. The largest absolute Gasteiger partial charge is 0.330 e. The van der Waals surface area contributed by atoms with E-state index >= 15 is 0 Å². The summed E-state index contributed by atoms with van der Waals surface area (Å²) in [5, 5.41) is 10.4. The molecule has 0 heterocycles. The fourth-order valence-electron chi connectivity index (χ4n) is 1.43. The Kier molecular flexibility index (Phi) is 3.74. The van der Waals surface area contributed by atoms with Crippen molar-refractivity contribution in [2.75, 3.05) is 6.54 Å². The topological polar surface area (TPSA) is 69.2 Å². The van der Waals surface area contributed by atoms with Gasteiger partial charge in [-0.15, -0.1) is 0 Å². The zero-order valence-corrected chi connectivity index (χ0v) is 8.44. The van der Waals surface area contributed by atoms with E-state index in [0.717, 1.165) is 6.07 Å². The minimum absolute atomic E-state index is 0.0178. The summed E-state index contributed by atoms with van der Waals surface area (Å²) in [6.45, 7) is 2.31. The molecule has 1 aromatic carbocycles. The zero-order chi connectivity index (χ0) is 11.4. The summed E-state index contributed by atoms with van der Waals surface area (Å²) in [6.07, 6.45) is 0.661. The maximum absolute atomic E-state index is 13.4. The van der Waals surface area contributed by atoms with E-state index in [2.05, 4.69) is 0 Å². The molecule has 0 aliphatic rings. The van der Waals surface area contributed by atoms with Gasteiger partial charge in [0, 0.05) is 6.07 Å². The van der Waals surface area contributed by atoms with E-state index in [9.17, 15) is 14.5 Å². The lowest BCUT2D eigenvalue weighted by Crippen LogP contribution is -2.06. The van der Waals surface area contributed by atoms with Crippen LogP contribution in [-0.4, -0.2) is 11.5 Å². The van der Waals surface area contributed by atoms with Crippen LogP contribution in [0.3, 0.4) is 0 Å². The van der Waals surface area contributed by atoms with Crippen LogP contribution in [0, 0.1) is 15.9 Å². The number of nitro benzene ring substituents is 1. The van der Waals surface area contributed by atoms with Gasteiger partial charge in [-0.1, -0.05) is 6.92 Å². The lowest BCUT2D eigenvalue weighted by atomic mass is 9.97. The van der Waals surface area contributed by atoms with Crippen molar-refractivity contribution in [2.24, 2.45) is 5.73 Å². The first-order valence-corrected chi connectivity index (χ1v) is 4.70. The summed E-state index contributed by atoms with van der Waals surface area (Å²) >= 11 is 0. The Bertz CT molecular complexity index is 368. The van der Waals surface area contributed by atoms with Crippen LogP contribution in [0.15, 0.2) is 18.2 Å². The number of benzene rings is 1. The van der Waals surface area contributed by atoms with Crippen molar-refractivity contribution in [3.8, 4) is 0 Å². The Hall–Kier alpha value is -1.49. The lowest BCUT2D eigenvalue weighted by molar-refractivity contribution is -0.385. The molecule has 82 valence electrons. The van der Waals surface area contributed by atoms with Gasteiger partial charge >= 0.3 is 0 Å². The van der Waals surface area contributed by atoms with E-state index < -0.39 is 10.7 Å². The number of hydrogen-bond donors (Lipinski definition) is 1. The van der Waals surface area contributed by atoms with Crippen molar-refractivity contribution in [3.05, 3.63) is 39.7 Å². The Morgan fingerprint density at radius 1 is 1.60 bits per heavy atom. The SMILES string of the molecule is CC(CCN)c1ccc([N+](=O)[O-])cc1F. The molecule has 0 saturated carbocycles. The Balaban J connectivity index is 2.97. The molecule has 2 N–H and O–H groups in total. The van der Waals surface area contributed by atoms with Gasteiger partial charge in [0.1, 0.15) is 5.82 Å². The van der Waals surface area contributed by atoms with Crippen molar-refractivity contribution in [2.45, 2.75) is 19.3 Å². The molecule has 15 heavy (non-hydrogen) atoms. The summed E-state index contributed by atoms with van der Waals surface area (Å²) in [5.74, 6) is -0.555. The summed E-state index contributed by atoms with van der Waals surface area (Å²) in [7, 11) is 0. The van der Waals surface area contributed by atoms with E-state index in [1.807, 2.05) is 6.92 Å². The number of halogens is 1. The first-order chi connectivity index (χ1) is 7.06. The fourth-order valence-corrected chi connectivity index (χ4v) is 1.43. The minimum Gasteiger partial charge on any atom is -0.330 e. The van der Waals surface area contributed by atoms with Gasteiger partial charge in [-0.2, -0.15) is 0 Å². The summed E-state index contributed by atoms with van der Waals surface area (Å²) in [6, 6.07) is 3.71. The number of hydrogen-bond acceptors (Lipinski definition) is 3. The summed E-state index contributed by atoms with van der Waals surface area (Å²) in [4.78, 5) is 9.77. The highest BCUT2D eigenvalue weighted by Gasteiger charge is 2.14. The molecule has 0 amide bonds. The lowest BCUT2D eigenvalue weighted by Gasteiger charge is -2.10. The van der Waals surface area contributed by atoms with Gasteiger partial charge in [-0.05, 0) is 30.5 Å². The van der Waals surface area contributed by atoms with Crippen LogP contribution in [-0.2, 0) is 0 Å². The van der Waals surface area contributed by atoms with E-state index in [-0.39, 0.29) is 11.6 Å². The van der Waals surface area contributed by atoms with Crippen LogP contribution in [0.4, 0.5) is 10.1 Å². The molecular weight excluding hydrogens is 199 g/mol. The van der Waals surface area contributed by atoms with Gasteiger partial charge in [0.25, 0.3) is 5.69 Å². The van der Waals surface area contributed by atoms with Crippen LogP contribution in [0.5, 0.6) is 0 Å². The van der Waals surface area contributed by atoms with Gasteiger partial charge in [-0.3, -0.25) is 10.1 Å². The second-order valence-corrected chi connectivity index (χ2v) is 3.44. The summed E-state index contributed by atoms with van der Waals surface area (Å²) in [5.41, 5.74) is 5.62. The average molecular weight is 212 g/mol. The standard InChI is InChI=1S/C10H13FN2O2/c1-7(4-5-12)9-3-2-8(13(14)15)6-10(9)11/h2-3,6-7H,4-5,12H2,1H3. The highest BCUT2D eigenvalue weighted by molar-refractivity contribution is 5.35. The van der Waals surface area contributed by atoms with E-state index in [1.165, 1.54) is 12.1 Å². The predicted octanol–water partition coefficient (Wildman–Crippen LogP) is 2.19. The summed E-state index contributed by atoms with van der Waals surface area (Å²) < 4.78 is 13.4. The quantitative estimate of drug-likeness (QED) is 0.614. The normalized spacial score (nSPS) is 12.5. The third-order valence-corrected chi connectivity index (χ3v) is 2.33. The van der Waals surface area contributed by atoms with Crippen LogP contribution in [0.1, 0.15) is 24.8 Å². The number of nitrogens with zero attached hydrogens (tertiary/aromatic N) is 1. The number of nitrogens with two attached hydrogens (primary N) is 1. The third kappa shape index (κ3) is 2.73. The van der Waals surface area contributed by atoms with Crippen molar-refractivity contribution in [3.63, 3.8) is 0 Å². The Morgan fingerprint density at radius 2 is 2.27 bits per heavy atom. The third-order valence-electron chi connectivity index (χ3n) is 2.33. The molecule has 0 aliphatic heterocycles. The molecule has 0 saturated heterocycles. The van der Waals surface area contributed by atoms with Gasteiger partial charge in [0.15, 0.2) is 0 Å². The monoisotopic (exact) mass is 212 g/mol. The highest BCUT2D eigenvalue weighted by atomic mass is 19.1. The van der Waals surface area contributed by atoms with Gasteiger partial charge in [-0.25, -0.2) is 4.39 Å². The van der Waals surface area contributed by atoms with Gasteiger partial charge < -0.3 is 5.73 Å². The molecule has 0 bridgehead atoms. The van der Waals surface area contributed by atoms with Crippen LogP contribution >= 0.6 is 0 Å². The molecular formula is C10H13FN2O2. The zero-order valence-electron chi connectivity index (χ0n) is 8.44. The number of non-ortho nitro benzene ring substituents is 1. The van der Waals surface area contributed by atoms with E-state index in [4.69, 9.17) is 5.73 Å². The second kappa shape index (κ2) is 4.84. The van der Waals surface area contributed by atoms with E-state index in [1.54, 1.807) is 0 Å². The molecule has 4 nitrogen and oxygen atoms in total. The maximum Gasteiger partial charge on any atom is 0.272 e. The second-order valence-electron chi connectivity index (χ2n) is 3.44. The first-order valence-electron chi connectivity index (χ1n) is 4.70. The maximum atomic E-state index is 13.4. The molecule has 0 radical (unpaired) electrons. The molecule has 0 spiro atoms. The first kappa shape index (κ1) is 11.6. The van der Waals surface area contributed by atoms with Gasteiger partial charge in [0.05, 0.1) is 11.0 Å². The molecule has 1 atom stereocenters. The molecule has 5 heteroatoms. The molecule has 1 rings (SSSR count). The van der Waals surface area contributed by atoms with Crippen LogP contribution in [0.2, 0.25) is 0 Å². The predicted molar refractivity (Wildman–Crippen MR) is 55.1 cm³/mol. The van der Waals surface area contributed by atoms with Crippen LogP contribution in [0.25, 0.3) is 0 Å². The smallest absolute Gasteiger partial charge is 0.272 e. The average Bonchev–Trinajstić information content (AvgIpc) is 2.17. The van der Waals surface area contributed by atoms with Crippen molar-refractivity contribution >= 4 is 5.69 Å². The van der Waals surface area contributed by atoms with Crippen LogP contribution < -0.4 is 5.73 Å². The van der Waals surface area contributed by atoms with E-state index in [0.29, 0.717) is 18.5 Å². The van der Waals surface area contributed by atoms with Gasteiger partial charge in [0.2, 0.25) is 0 Å². The molecule has 1 aromatic rings. The van der Waals surface area contributed by atoms with Crippen molar-refractivity contribution < 1.29 is 9.31 Å². The Morgan fingerprint density at radius 3 is 2.73 bits per heavy atom. The molecule has 1 unspecified atom stereocenters. The molecule has 0 aromatic heterocycles. The van der Waals surface area contributed by atoms with Crippen molar-refractivity contribution in [1.29, 1.82) is 0 Å².